The SMILES string of the molecule is O=C(O)C1(CNS(=O)(=O)c2c[nH]c(=O)[nH]c2=O)CCCC1. The first-order valence-electron chi connectivity index (χ1n) is 6.32. The van der Waals surface area contributed by atoms with E-state index in [1.165, 1.54) is 0 Å². The topological polar surface area (TPSA) is 149 Å². The Hall–Kier alpha value is -1.94. The molecule has 1 aliphatic carbocycles. The number of nitrogens with one attached hydrogen (secondary N) is 3. The highest BCUT2D eigenvalue weighted by Gasteiger charge is 2.42. The van der Waals surface area contributed by atoms with Crippen molar-refractivity contribution in [3.63, 3.8) is 0 Å². The number of aliphatic carboxylic acids is 1. The van der Waals surface area contributed by atoms with Gasteiger partial charge in [-0.05, 0) is 12.8 Å². The van der Waals surface area contributed by atoms with E-state index in [-0.39, 0.29) is 6.54 Å². The molecule has 0 aliphatic heterocycles. The molecule has 1 saturated carbocycles. The van der Waals surface area contributed by atoms with Gasteiger partial charge < -0.3 is 10.1 Å². The minimum absolute atomic E-state index is 0.288. The van der Waals surface area contributed by atoms with Gasteiger partial charge in [-0.3, -0.25) is 14.6 Å². The van der Waals surface area contributed by atoms with Crippen molar-refractivity contribution >= 4 is 16.0 Å². The van der Waals surface area contributed by atoms with Gasteiger partial charge in [0.25, 0.3) is 5.56 Å². The Morgan fingerprint density at radius 1 is 1.33 bits per heavy atom. The molecule has 0 saturated heterocycles. The number of hydrogen-bond acceptors (Lipinski definition) is 5. The first-order valence-corrected chi connectivity index (χ1v) is 7.80. The molecule has 0 bridgehead atoms. The monoisotopic (exact) mass is 317 g/mol. The summed E-state index contributed by atoms with van der Waals surface area (Å²) in [5.74, 6) is -1.06. The molecule has 10 heteroatoms. The zero-order valence-electron chi connectivity index (χ0n) is 11.0. The summed E-state index contributed by atoms with van der Waals surface area (Å²) in [5.41, 5.74) is -3.01. The molecule has 0 radical (unpaired) electrons. The fourth-order valence-electron chi connectivity index (χ4n) is 2.43. The van der Waals surface area contributed by atoms with Crippen LogP contribution >= 0.6 is 0 Å². The van der Waals surface area contributed by atoms with Crippen LogP contribution in [0.2, 0.25) is 0 Å². The summed E-state index contributed by atoms with van der Waals surface area (Å²) in [4.78, 5) is 36.9. The summed E-state index contributed by atoms with van der Waals surface area (Å²) in [5, 5.41) is 9.27. The van der Waals surface area contributed by atoms with E-state index in [4.69, 9.17) is 0 Å². The third-order valence-corrected chi connectivity index (χ3v) is 5.10. The van der Waals surface area contributed by atoms with Crippen molar-refractivity contribution in [2.45, 2.75) is 30.6 Å². The van der Waals surface area contributed by atoms with Gasteiger partial charge in [-0.1, -0.05) is 12.8 Å². The fraction of sp³-hybridized carbons (Fsp3) is 0.545. The fourth-order valence-corrected chi connectivity index (χ4v) is 3.56. The van der Waals surface area contributed by atoms with Crippen molar-refractivity contribution < 1.29 is 18.3 Å². The molecule has 4 N–H and O–H groups in total. The Kier molecular flexibility index (Phi) is 4.01. The molecule has 1 aromatic heterocycles. The molecule has 21 heavy (non-hydrogen) atoms. The number of carboxylic acid groups (broad SMARTS) is 1. The van der Waals surface area contributed by atoms with E-state index in [2.05, 4.69) is 9.71 Å². The lowest BCUT2D eigenvalue weighted by atomic mass is 9.87. The zero-order valence-corrected chi connectivity index (χ0v) is 11.8. The number of carbonyl (C=O) groups is 1. The molecular weight excluding hydrogens is 302 g/mol. The molecule has 116 valence electrons. The number of rotatable bonds is 5. The Morgan fingerprint density at radius 3 is 2.48 bits per heavy atom. The molecule has 1 aromatic rings. The predicted octanol–water partition coefficient (Wildman–Crippen LogP) is -1.01. The lowest BCUT2D eigenvalue weighted by Crippen LogP contribution is -2.42. The van der Waals surface area contributed by atoms with Crippen LogP contribution in [-0.4, -0.2) is 36.0 Å². The maximum absolute atomic E-state index is 12.0. The number of sulfonamides is 1. The van der Waals surface area contributed by atoms with Gasteiger partial charge >= 0.3 is 11.7 Å². The third-order valence-electron chi connectivity index (χ3n) is 3.69. The standard InChI is InChI=1S/C11H15N3O6S/c15-8-7(5-12-10(18)14-8)21(19,20)13-6-11(9(16)17)3-1-2-4-11/h5,13H,1-4,6H2,(H,16,17)(H2,12,14,15,18). The Bertz CT molecular complexity index is 757. The van der Waals surface area contributed by atoms with Crippen LogP contribution in [0.4, 0.5) is 0 Å². The van der Waals surface area contributed by atoms with Gasteiger partial charge in [0.15, 0.2) is 4.90 Å². The number of hydrogen-bond donors (Lipinski definition) is 4. The van der Waals surface area contributed by atoms with Crippen molar-refractivity contribution in [3.05, 3.63) is 27.0 Å². The summed E-state index contributed by atoms with van der Waals surface area (Å²) in [6.45, 7) is -0.288. The lowest BCUT2D eigenvalue weighted by molar-refractivity contribution is -0.148. The first kappa shape index (κ1) is 15.4. The predicted molar refractivity (Wildman–Crippen MR) is 71.4 cm³/mol. The molecule has 0 atom stereocenters. The number of aromatic amines is 2. The van der Waals surface area contributed by atoms with E-state index in [1.807, 2.05) is 0 Å². The highest BCUT2D eigenvalue weighted by atomic mass is 32.2. The molecule has 1 fully saturated rings. The normalized spacial score (nSPS) is 17.7. The van der Waals surface area contributed by atoms with Crippen molar-refractivity contribution in [1.29, 1.82) is 0 Å². The molecule has 1 heterocycles. The van der Waals surface area contributed by atoms with Crippen molar-refractivity contribution in [2.24, 2.45) is 5.41 Å². The zero-order chi connectivity index (χ0) is 15.7. The van der Waals surface area contributed by atoms with E-state index in [0.29, 0.717) is 25.7 Å². The van der Waals surface area contributed by atoms with Crippen molar-refractivity contribution in [2.75, 3.05) is 6.54 Å². The van der Waals surface area contributed by atoms with Crippen LogP contribution < -0.4 is 16.0 Å². The highest BCUT2D eigenvalue weighted by molar-refractivity contribution is 7.89. The Morgan fingerprint density at radius 2 is 1.95 bits per heavy atom. The molecular formula is C11H15N3O6S. The van der Waals surface area contributed by atoms with E-state index in [1.54, 1.807) is 4.98 Å². The first-order chi connectivity index (χ1) is 9.77. The van der Waals surface area contributed by atoms with Gasteiger partial charge in [0.1, 0.15) is 0 Å². The molecule has 0 aromatic carbocycles. The van der Waals surface area contributed by atoms with Gasteiger partial charge in [-0.15, -0.1) is 0 Å². The smallest absolute Gasteiger partial charge is 0.325 e. The van der Waals surface area contributed by atoms with Crippen LogP contribution in [0.25, 0.3) is 0 Å². The van der Waals surface area contributed by atoms with E-state index >= 15 is 0 Å². The third kappa shape index (κ3) is 3.05. The van der Waals surface area contributed by atoms with Gasteiger partial charge in [-0.2, -0.15) is 0 Å². The average Bonchev–Trinajstić information content (AvgIpc) is 2.86. The largest absolute Gasteiger partial charge is 0.481 e. The maximum atomic E-state index is 12.0. The lowest BCUT2D eigenvalue weighted by Gasteiger charge is -2.23. The van der Waals surface area contributed by atoms with Crippen LogP contribution in [0.5, 0.6) is 0 Å². The molecule has 0 amide bonds. The van der Waals surface area contributed by atoms with Gasteiger partial charge in [0.2, 0.25) is 10.0 Å². The second kappa shape index (κ2) is 5.45. The minimum atomic E-state index is -4.19. The van der Waals surface area contributed by atoms with Crippen LogP contribution in [0.3, 0.4) is 0 Å². The number of H-pyrrole nitrogens is 2. The summed E-state index contributed by atoms with van der Waals surface area (Å²) in [6.07, 6.45) is 2.98. The number of carboxylic acids is 1. The highest BCUT2D eigenvalue weighted by Crippen LogP contribution is 2.37. The van der Waals surface area contributed by atoms with Gasteiger partial charge in [0.05, 0.1) is 5.41 Å². The van der Waals surface area contributed by atoms with Crippen LogP contribution in [0.1, 0.15) is 25.7 Å². The summed E-state index contributed by atoms with van der Waals surface area (Å²) >= 11 is 0. The molecule has 0 unspecified atom stereocenters. The second-order valence-corrected chi connectivity index (χ2v) is 6.79. The molecule has 1 aliphatic rings. The second-order valence-electron chi connectivity index (χ2n) is 5.05. The van der Waals surface area contributed by atoms with Crippen molar-refractivity contribution in [3.8, 4) is 0 Å². The van der Waals surface area contributed by atoms with E-state index in [9.17, 15) is 27.9 Å². The van der Waals surface area contributed by atoms with Crippen LogP contribution in [-0.2, 0) is 14.8 Å². The van der Waals surface area contributed by atoms with E-state index in [0.717, 1.165) is 6.20 Å². The summed E-state index contributed by atoms with van der Waals surface area (Å²) in [7, 11) is -4.19. The van der Waals surface area contributed by atoms with E-state index < -0.39 is 37.6 Å². The van der Waals surface area contributed by atoms with Crippen molar-refractivity contribution in [1.82, 2.24) is 14.7 Å². The molecule has 0 spiro atoms. The van der Waals surface area contributed by atoms with Crippen LogP contribution in [0.15, 0.2) is 20.7 Å². The quantitative estimate of drug-likeness (QED) is 0.546. The average molecular weight is 317 g/mol. The summed E-state index contributed by atoms with van der Waals surface area (Å²) < 4.78 is 26.2. The number of aromatic nitrogens is 2. The maximum Gasteiger partial charge on any atom is 0.325 e. The van der Waals surface area contributed by atoms with Gasteiger partial charge in [0, 0.05) is 12.7 Å². The minimum Gasteiger partial charge on any atom is -0.481 e. The molecule has 9 nitrogen and oxygen atoms in total. The van der Waals surface area contributed by atoms with Crippen LogP contribution in [0, 0.1) is 5.41 Å². The molecule has 2 rings (SSSR count). The van der Waals surface area contributed by atoms with Gasteiger partial charge in [-0.25, -0.2) is 17.9 Å². The Balaban J connectivity index is 2.24. The Labute approximate surface area is 119 Å². The summed E-state index contributed by atoms with van der Waals surface area (Å²) in [6, 6.07) is 0.